The number of thiocarbonyl (C=S) groups is 1. The van der Waals surface area contributed by atoms with Crippen molar-refractivity contribution in [3.8, 4) is 6.07 Å². The third kappa shape index (κ3) is 3.53. The predicted molar refractivity (Wildman–Crippen MR) is 62.8 cm³/mol. The summed E-state index contributed by atoms with van der Waals surface area (Å²) in [6.45, 7) is 8.64. The Hall–Kier alpha value is -0.270. The Balaban J connectivity index is 4.52. The minimum Gasteiger partial charge on any atom is -0.340 e. The number of thioether (sulfide) groups is 1. The molecule has 0 aromatic carbocycles. The molecule has 0 heterocycles. The molecule has 0 aromatic rings. The molecule has 0 bridgehead atoms. The van der Waals surface area contributed by atoms with E-state index in [1.807, 2.05) is 25.7 Å². The summed E-state index contributed by atoms with van der Waals surface area (Å²) >= 11 is 6.84. The fourth-order valence-electron chi connectivity index (χ4n) is 1.01. The van der Waals surface area contributed by atoms with E-state index in [4.69, 9.17) is 17.5 Å². The molecular weight excluding hydrogens is 200 g/mol. The van der Waals surface area contributed by atoms with Gasteiger partial charge >= 0.3 is 0 Å². The highest BCUT2D eigenvalue weighted by atomic mass is 32.2. The normalized spacial score (nSPS) is 10.7. The van der Waals surface area contributed by atoms with Gasteiger partial charge in [-0.2, -0.15) is 5.26 Å². The lowest BCUT2D eigenvalue weighted by atomic mass is 10.1. The number of hydrogen-bond acceptors (Lipinski definition) is 3. The maximum absolute atomic E-state index is 8.95. The largest absolute Gasteiger partial charge is 0.340 e. The van der Waals surface area contributed by atoms with Gasteiger partial charge in [-0.3, -0.25) is 0 Å². The van der Waals surface area contributed by atoms with Crippen molar-refractivity contribution >= 4 is 28.3 Å². The second kappa shape index (κ2) is 5.46. The van der Waals surface area contributed by atoms with E-state index in [9.17, 15) is 0 Å². The van der Waals surface area contributed by atoms with Crippen LogP contribution in [-0.2, 0) is 0 Å². The first-order valence-electron chi connectivity index (χ1n) is 4.35. The van der Waals surface area contributed by atoms with Gasteiger partial charge in [0.25, 0.3) is 0 Å². The van der Waals surface area contributed by atoms with Gasteiger partial charge in [0.15, 0.2) is 0 Å². The van der Waals surface area contributed by atoms with Crippen LogP contribution in [0.4, 0.5) is 0 Å². The smallest absolute Gasteiger partial charge is 0.137 e. The minimum atomic E-state index is -0.492. The van der Waals surface area contributed by atoms with Crippen LogP contribution >= 0.6 is 24.0 Å². The number of rotatable bonds is 3. The molecule has 0 aromatic heterocycles. The van der Waals surface area contributed by atoms with Crippen LogP contribution in [0.3, 0.4) is 0 Å². The Labute approximate surface area is 90.3 Å². The standard InChI is InChI=1S/C9H16N2S2/c1-5-11(8(12)13-6-2)9(3,4)7-10/h5-6H2,1-4H3. The van der Waals surface area contributed by atoms with Crippen molar-refractivity contribution in [3.05, 3.63) is 0 Å². The van der Waals surface area contributed by atoms with E-state index >= 15 is 0 Å². The Kier molecular flexibility index (Phi) is 5.34. The van der Waals surface area contributed by atoms with E-state index < -0.39 is 5.54 Å². The highest BCUT2D eigenvalue weighted by Crippen LogP contribution is 2.19. The quantitative estimate of drug-likeness (QED) is 0.678. The van der Waals surface area contributed by atoms with E-state index in [1.165, 1.54) is 0 Å². The molecule has 0 spiro atoms. The molecule has 0 fully saturated rings. The molecule has 0 atom stereocenters. The fourth-order valence-corrected chi connectivity index (χ4v) is 2.49. The molecule has 0 N–H and O–H groups in total. The molecule has 0 amide bonds. The van der Waals surface area contributed by atoms with Crippen LogP contribution in [0.5, 0.6) is 0 Å². The van der Waals surface area contributed by atoms with Crippen molar-refractivity contribution < 1.29 is 0 Å². The van der Waals surface area contributed by atoms with E-state index in [0.29, 0.717) is 0 Å². The van der Waals surface area contributed by atoms with E-state index in [1.54, 1.807) is 11.8 Å². The second-order valence-corrected chi connectivity index (χ2v) is 5.01. The summed E-state index contributed by atoms with van der Waals surface area (Å²) < 4.78 is 0.816. The number of nitriles is 1. The summed E-state index contributed by atoms with van der Waals surface area (Å²) in [4.78, 5) is 1.95. The molecule has 0 radical (unpaired) electrons. The minimum absolute atomic E-state index is 0.492. The third-order valence-electron chi connectivity index (χ3n) is 1.75. The fraction of sp³-hybridized carbons (Fsp3) is 0.778. The lowest BCUT2D eigenvalue weighted by Crippen LogP contribution is -2.44. The number of nitrogens with zero attached hydrogens (tertiary/aromatic N) is 2. The maximum Gasteiger partial charge on any atom is 0.137 e. The summed E-state index contributed by atoms with van der Waals surface area (Å²) in [7, 11) is 0. The van der Waals surface area contributed by atoms with E-state index in [-0.39, 0.29) is 0 Å². The molecule has 0 aliphatic heterocycles. The van der Waals surface area contributed by atoms with Crippen molar-refractivity contribution in [2.75, 3.05) is 12.3 Å². The van der Waals surface area contributed by atoms with Gasteiger partial charge in [0, 0.05) is 6.54 Å². The molecule has 0 aliphatic rings. The zero-order valence-corrected chi connectivity index (χ0v) is 10.3. The van der Waals surface area contributed by atoms with Gasteiger partial charge in [-0.1, -0.05) is 30.9 Å². The van der Waals surface area contributed by atoms with Crippen molar-refractivity contribution in [2.24, 2.45) is 0 Å². The molecule has 2 nitrogen and oxygen atoms in total. The van der Waals surface area contributed by atoms with Crippen LogP contribution in [0.25, 0.3) is 0 Å². The third-order valence-corrected chi connectivity index (χ3v) is 3.08. The Morgan fingerprint density at radius 3 is 2.38 bits per heavy atom. The van der Waals surface area contributed by atoms with Gasteiger partial charge < -0.3 is 4.90 Å². The zero-order chi connectivity index (χ0) is 10.5. The Bertz CT molecular complexity index is 218. The van der Waals surface area contributed by atoms with Gasteiger partial charge in [0.2, 0.25) is 0 Å². The maximum atomic E-state index is 8.95. The second-order valence-electron chi connectivity index (χ2n) is 3.11. The average Bonchev–Trinajstić information content (AvgIpc) is 2.05. The van der Waals surface area contributed by atoms with Crippen LogP contribution in [0, 0.1) is 11.3 Å². The summed E-state index contributed by atoms with van der Waals surface area (Å²) in [5.74, 6) is 0.955. The van der Waals surface area contributed by atoms with E-state index in [0.717, 1.165) is 16.6 Å². The topological polar surface area (TPSA) is 27.0 Å². The highest BCUT2D eigenvalue weighted by molar-refractivity contribution is 8.22. The predicted octanol–water partition coefficient (Wildman–Crippen LogP) is 2.65. The van der Waals surface area contributed by atoms with Crippen LogP contribution in [0.2, 0.25) is 0 Å². The molecule has 4 heteroatoms. The lowest BCUT2D eigenvalue weighted by Gasteiger charge is -2.33. The number of hydrogen-bond donors (Lipinski definition) is 0. The van der Waals surface area contributed by atoms with Gasteiger partial charge in [0.05, 0.1) is 6.07 Å². The first kappa shape index (κ1) is 12.7. The molecule has 0 saturated heterocycles. The first-order valence-corrected chi connectivity index (χ1v) is 5.74. The van der Waals surface area contributed by atoms with Crippen LogP contribution in [0.1, 0.15) is 27.7 Å². The Morgan fingerprint density at radius 1 is 1.54 bits per heavy atom. The molecule has 74 valence electrons. The van der Waals surface area contributed by atoms with Crippen molar-refractivity contribution in [1.82, 2.24) is 4.90 Å². The van der Waals surface area contributed by atoms with Crippen LogP contribution in [-0.4, -0.2) is 27.1 Å². The molecule has 13 heavy (non-hydrogen) atoms. The molecular formula is C9H16N2S2. The monoisotopic (exact) mass is 216 g/mol. The van der Waals surface area contributed by atoms with Gasteiger partial charge in [0.1, 0.15) is 9.86 Å². The van der Waals surface area contributed by atoms with Gasteiger partial charge in [-0.05, 0) is 26.5 Å². The molecule has 0 aliphatic carbocycles. The summed E-state index contributed by atoms with van der Waals surface area (Å²) in [6, 6.07) is 2.26. The van der Waals surface area contributed by atoms with Crippen molar-refractivity contribution in [1.29, 1.82) is 5.26 Å². The SMILES string of the molecule is CCSC(=S)N(CC)C(C)(C)C#N. The van der Waals surface area contributed by atoms with Crippen molar-refractivity contribution in [3.63, 3.8) is 0 Å². The van der Waals surface area contributed by atoms with Gasteiger partial charge in [-0.25, -0.2) is 0 Å². The Morgan fingerprint density at radius 2 is 2.08 bits per heavy atom. The summed E-state index contributed by atoms with van der Waals surface area (Å²) in [6.07, 6.45) is 0. The van der Waals surface area contributed by atoms with E-state index in [2.05, 4.69) is 13.0 Å². The summed E-state index contributed by atoms with van der Waals surface area (Å²) in [5, 5.41) is 8.95. The van der Waals surface area contributed by atoms with Gasteiger partial charge in [-0.15, -0.1) is 0 Å². The lowest BCUT2D eigenvalue weighted by molar-refractivity contribution is 0.301. The first-order chi connectivity index (χ1) is 5.99. The summed E-state index contributed by atoms with van der Waals surface area (Å²) in [5.41, 5.74) is -0.492. The molecule has 0 rings (SSSR count). The van der Waals surface area contributed by atoms with Crippen molar-refractivity contribution in [2.45, 2.75) is 33.2 Å². The molecule has 0 saturated carbocycles. The zero-order valence-electron chi connectivity index (χ0n) is 8.63. The van der Waals surface area contributed by atoms with Crippen LogP contribution in [0.15, 0.2) is 0 Å². The van der Waals surface area contributed by atoms with Crippen LogP contribution < -0.4 is 0 Å². The highest BCUT2D eigenvalue weighted by Gasteiger charge is 2.26. The molecule has 0 unspecified atom stereocenters. The average molecular weight is 216 g/mol.